The molecule has 3 heteroatoms. The molecule has 1 unspecified atom stereocenters. The van der Waals surface area contributed by atoms with E-state index in [1.807, 2.05) is 19.4 Å². The van der Waals surface area contributed by atoms with Gasteiger partial charge in [0.25, 0.3) is 0 Å². The molecule has 1 aromatic carbocycles. The number of nitrogens with one attached hydrogen (secondary N) is 1. The summed E-state index contributed by atoms with van der Waals surface area (Å²) in [7, 11) is 3.71. The molecule has 0 amide bonds. The number of methoxy groups -OCH3 is 1. The Morgan fingerprint density at radius 3 is 2.72 bits per heavy atom. The van der Waals surface area contributed by atoms with E-state index in [-0.39, 0.29) is 11.6 Å². The molecule has 0 fully saturated rings. The molecule has 0 aliphatic heterocycles. The van der Waals surface area contributed by atoms with Crippen LogP contribution in [0, 0.1) is 0 Å². The number of likely N-dealkylation sites (N-methyl/N-ethyl adjacent to an activating group) is 1. The SMILES string of the molecule is CNC(c1cccc2cnccc12)C(C)(C)OC. The molecule has 0 spiro atoms. The van der Waals surface area contributed by atoms with E-state index >= 15 is 0 Å². The van der Waals surface area contributed by atoms with Crippen LogP contribution in [0.4, 0.5) is 0 Å². The lowest BCUT2D eigenvalue weighted by atomic mass is 9.89. The fraction of sp³-hybridized carbons (Fsp3) is 0.400. The van der Waals surface area contributed by atoms with Crippen LogP contribution in [0.5, 0.6) is 0 Å². The number of fused-ring (bicyclic) bond motifs is 1. The van der Waals surface area contributed by atoms with Crippen LogP contribution in [0.3, 0.4) is 0 Å². The summed E-state index contributed by atoms with van der Waals surface area (Å²) in [5.41, 5.74) is 0.969. The van der Waals surface area contributed by atoms with Gasteiger partial charge in [0.2, 0.25) is 0 Å². The second-order valence-electron chi connectivity index (χ2n) is 4.97. The Labute approximate surface area is 108 Å². The number of aromatic nitrogens is 1. The molecular weight excluding hydrogens is 224 g/mol. The van der Waals surface area contributed by atoms with Gasteiger partial charge in [-0.1, -0.05) is 18.2 Å². The molecule has 1 atom stereocenters. The van der Waals surface area contributed by atoms with Crippen LogP contribution in [0.15, 0.2) is 36.7 Å². The summed E-state index contributed by atoms with van der Waals surface area (Å²) < 4.78 is 5.62. The van der Waals surface area contributed by atoms with E-state index in [1.54, 1.807) is 7.11 Å². The van der Waals surface area contributed by atoms with E-state index in [4.69, 9.17) is 4.74 Å². The summed E-state index contributed by atoms with van der Waals surface area (Å²) in [4.78, 5) is 4.17. The summed E-state index contributed by atoms with van der Waals surface area (Å²) in [5, 5.41) is 5.73. The fourth-order valence-electron chi connectivity index (χ4n) is 2.39. The number of hydrogen-bond acceptors (Lipinski definition) is 3. The Kier molecular flexibility index (Phi) is 3.64. The minimum absolute atomic E-state index is 0.133. The largest absolute Gasteiger partial charge is 0.377 e. The summed E-state index contributed by atoms with van der Waals surface area (Å²) in [6.45, 7) is 4.18. The zero-order chi connectivity index (χ0) is 13.2. The van der Waals surface area contributed by atoms with Crippen molar-refractivity contribution in [2.75, 3.05) is 14.2 Å². The smallest absolute Gasteiger partial charge is 0.0816 e. The van der Waals surface area contributed by atoms with Crippen molar-refractivity contribution in [3.05, 3.63) is 42.2 Å². The van der Waals surface area contributed by atoms with Crippen LogP contribution in [0.1, 0.15) is 25.5 Å². The highest BCUT2D eigenvalue weighted by Gasteiger charge is 2.30. The molecular formula is C15H20N2O. The number of benzene rings is 1. The van der Waals surface area contributed by atoms with Gasteiger partial charge in [0.05, 0.1) is 11.6 Å². The molecule has 0 radical (unpaired) electrons. The van der Waals surface area contributed by atoms with Crippen molar-refractivity contribution in [2.24, 2.45) is 0 Å². The van der Waals surface area contributed by atoms with Crippen LogP contribution in [0.25, 0.3) is 10.8 Å². The molecule has 96 valence electrons. The Hall–Kier alpha value is -1.45. The van der Waals surface area contributed by atoms with Crippen molar-refractivity contribution in [1.29, 1.82) is 0 Å². The van der Waals surface area contributed by atoms with Gasteiger partial charge in [-0.3, -0.25) is 4.98 Å². The molecule has 3 nitrogen and oxygen atoms in total. The minimum Gasteiger partial charge on any atom is -0.377 e. The van der Waals surface area contributed by atoms with Crippen LogP contribution in [-0.4, -0.2) is 24.7 Å². The molecule has 0 bridgehead atoms. The van der Waals surface area contributed by atoms with Gasteiger partial charge in [0.15, 0.2) is 0 Å². The van der Waals surface area contributed by atoms with Crippen molar-refractivity contribution in [2.45, 2.75) is 25.5 Å². The molecule has 1 heterocycles. The lowest BCUT2D eigenvalue weighted by Crippen LogP contribution is -2.39. The molecule has 1 aromatic heterocycles. The lowest BCUT2D eigenvalue weighted by Gasteiger charge is -2.34. The monoisotopic (exact) mass is 244 g/mol. The summed E-state index contributed by atoms with van der Waals surface area (Å²) >= 11 is 0. The zero-order valence-corrected chi connectivity index (χ0v) is 11.4. The van der Waals surface area contributed by atoms with E-state index in [9.17, 15) is 0 Å². The molecule has 0 saturated carbocycles. The van der Waals surface area contributed by atoms with Crippen LogP contribution in [-0.2, 0) is 4.74 Å². The van der Waals surface area contributed by atoms with Crippen molar-refractivity contribution in [3.8, 4) is 0 Å². The molecule has 18 heavy (non-hydrogen) atoms. The summed E-state index contributed by atoms with van der Waals surface area (Å²) in [6.07, 6.45) is 3.73. The van der Waals surface area contributed by atoms with Gasteiger partial charge in [0, 0.05) is 24.9 Å². The first-order valence-corrected chi connectivity index (χ1v) is 6.15. The van der Waals surface area contributed by atoms with E-state index < -0.39 is 0 Å². The number of hydrogen-bond donors (Lipinski definition) is 1. The number of ether oxygens (including phenoxy) is 1. The summed E-state index contributed by atoms with van der Waals surface area (Å²) in [5.74, 6) is 0. The van der Waals surface area contributed by atoms with E-state index in [2.05, 4.69) is 48.4 Å². The average molecular weight is 244 g/mol. The van der Waals surface area contributed by atoms with Crippen molar-refractivity contribution < 1.29 is 4.74 Å². The number of pyridine rings is 1. The molecule has 0 aliphatic carbocycles. The van der Waals surface area contributed by atoms with Gasteiger partial charge in [0.1, 0.15) is 0 Å². The minimum atomic E-state index is -0.272. The quantitative estimate of drug-likeness (QED) is 0.898. The van der Waals surface area contributed by atoms with Gasteiger partial charge in [-0.25, -0.2) is 0 Å². The third-order valence-corrected chi connectivity index (χ3v) is 3.54. The van der Waals surface area contributed by atoms with Crippen molar-refractivity contribution in [1.82, 2.24) is 10.3 Å². The predicted octanol–water partition coefficient (Wildman–Crippen LogP) is 2.92. The van der Waals surface area contributed by atoms with Crippen molar-refractivity contribution >= 4 is 10.8 Å². The molecule has 1 N–H and O–H groups in total. The molecule has 0 saturated heterocycles. The van der Waals surface area contributed by atoms with Gasteiger partial charge in [-0.05, 0) is 37.9 Å². The molecule has 2 rings (SSSR count). The Bertz CT molecular complexity index is 532. The fourth-order valence-corrected chi connectivity index (χ4v) is 2.39. The normalized spacial score (nSPS) is 13.8. The second-order valence-corrected chi connectivity index (χ2v) is 4.97. The highest BCUT2D eigenvalue weighted by molar-refractivity contribution is 5.85. The van der Waals surface area contributed by atoms with Gasteiger partial charge in [-0.2, -0.15) is 0 Å². The van der Waals surface area contributed by atoms with E-state index in [0.717, 1.165) is 5.39 Å². The van der Waals surface area contributed by atoms with Gasteiger partial charge < -0.3 is 10.1 Å². The first kappa shape index (κ1) is 13.0. The van der Waals surface area contributed by atoms with Crippen LogP contribution < -0.4 is 5.32 Å². The van der Waals surface area contributed by atoms with Gasteiger partial charge >= 0.3 is 0 Å². The third kappa shape index (κ3) is 2.24. The maximum Gasteiger partial charge on any atom is 0.0816 e. The predicted molar refractivity (Wildman–Crippen MR) is 74.6 cm³/mol. The lowest BCUT2D eigenvalue weighted by molar-refractivity contribution is -0.00859. The second kappa shape index (κ2) is 5.04. The highest BCUT2D eigenvalue weighted by atomic mass is 16.5. The van der Waals surface area contributed by atoms with Gasteiger partial charge in [-0.15, -0.1) is 0 Å². The van der Waals surface area contributed by atoms with Crippen molar-refractivity contribution in [3.63, 3.8) is 0 Å². The Balaban J connectivity index is 2.59. The molecule has 0 aliphatic rings. The summed E-state index contributed by atoms with van der Waals surface area (Å²) in [6, 6.07) is 8.48. The Morgan fingerprint density at radius 2 is 2.06 bits per heavy atom. The topological polar surface area (TPSA) is 34.2 Å². The average Bonchev–Trinajstić information content (AvgIpc) is 2.39. The maximum atomic E-state index is 5.62. The first-order chi connectivity index (χ1) is 8.60. The van der Waals surface area contributed by atoms with Crippen LogP contribution in [0.2, 0.25) is 0 Å². The third-order valence-electron chi connectivity index (χ3n) is 3.54. The number of rotatable bonds is 4. The standard InChI is InChI=1S/C15H20N2O/c1-15(2,18-4)14(16-3)13-7-5-6-11-10-17-9-8-12(11)13/h5-10,14,16H,1-4H3. The van der Waals surface area contributed by atoms with E-state index in [1.165, 1.54) is 10.9 Å². The zero-order valence-electron chi connectivity index (χ0n) is 11.4. The highest BCUT2D eigenvalue weighted by Crippen LogP contribution is 2.32. The Morgan fingerprint density at radius 1 is 1.28 bits per heavy atom. The number of nitrogens with zero attached hydrogens (tertiary/aromatic N) is 1. The molecule has 2 aromatic rings. The maximum absolute atomic E-state index is 5.62. The van der Waals surface area contributed by atoms with E-state index in [0.29, 0.717) is 0 Å². The first-order valence-electron chi connectivity index (χ1n) is 6.15. The van der Waals surface area contributed by atoms with Crippen LogP contribution >= 0.6 is 0 Å².